The van der Waals surface area contributed by atoms with Gasteiger partial charge in [0.25, 0.3) is 0 Å². The van der Waals surface area contributed by atoms with Gasteiger partial charge in [-0.3, -0.25) is 4.79 Å². The normalized spacial score (nSPS) is 10.7. The van der Waals surface area contributed by atoms with Crippen LogP contribution >= 0.6 is 23.4 Å². The second-order valence-corrected chi connectivity index (χ2v) is 7.58. The van der Waals surface area contributed by atoms with E-state index in [4.69, 9.17) is 16.3 Å². The molecule has 0 saturated heterocycles. The summed E-state index contributed by atoms with van der Waals surface area (Å²) in [7, 11) is 3.55. The highest BCUT2D eigenvalue weighted by molar-refractivity contribution is 7.99. The second-order valence-electron chi connectivity index (χ2n) is 6.23. The highest BCUT2D eigenvalue weighted by Gasteiger charge is 2.13. The first kappa shape index (κ1) is 20.2. The van der Waals surface area contributed by atoms with Gasteiger partial charge in [0.05, 0.1) is 12.9 Å². The number of methoxy groups -OCH3 is 1. The Morgan fingerprint density at radius 2 is 1.96 bits per heavy atom. The molecule has 8 heteroatoms. The Hall–Kier alpha value is -2.51. The molecule has 6 nitrogen and oxygen atoms in total. The quantitative estimate of drug-likeness (QED) is 0.587. The van der Waals surface area contributed by atoms with Crippen molar-refractivity contribution in [3.8, 4) is 5.75 Å². The Balaban J connectivity index is 1.59. The number of ether oxygens (including phenoxy) is 1. The molecular weight excluding hydrogens is 396 g/mol. The predicted octanol–water partition coefficient (Wildman–Crippen LogP) is 4.11. The molecular formula is C20H21ClN4O2S. The zero-order chi connectivity index (χ0) is 20.1. The number of carbonyl (C=O) groups is 1. The molecule has 1 amide bonds. The van der Waals surface area contributed by atoms with E-state index >= 15 is 0 Å². The van der Waals surface area contributed by atoms with E-state index in [2.05, 4.69) is 15.5 Å². The predicted molar refractivity (Wildman–Crippen MR) is 112 cm³/mol. The van der Waals surface area contributed by atoms with E-state index in [0.29, 0.717) is 16.6 Å². The maximum absolute atomic E-state index is 12.3. The van der Waals surface area contributed by atoms with Crippen molar-refractivity contribution in [1.82, 2.24) is 14.8 Å². The van der Waals surface area contributed by atoms with Crippen LogP contribution in [0.1, 0.15) is 17.0 Å². The lowest BCUT2D eigenvalue weighted by molar-refractivity contribution is -0.113. The fourth-order valence-corrected chi connectivity index (χ4v) is 3.51. The van der Waals surface area contributed by atoms with E-state index in [-0.39, 0.29) is 11.7 Å². The van der Waals surface area contributed by atoms with Crippen molar-refractivity contribution in [2.24, 2.45) is 7.05 Å². The summed E-state index contributed by atoms with van der Waals surface area (Å²) in [6.45, 7) is 1.87. The summed E-state index contributed by atoms with van der Waals surface area (Å²) in [6.07, 6.45) is 0.655. The van der Waals surface area contributed by atoms with Crippen LogP contribution in [0.2, 0.25) is 5.02 Å². The van der Waals surface area contributed by atoms with Crippen LogP contribution in [-0.4, -0.2) is 33.5 Å². The van der Waals surface area contributed by atoms with Crippen molar-refractivity contribution in [1.29, 1.82) is 0 Å². The van der Waals surface area contributed by atoms with Crippen LogP contribution in [0, 0.1) is 6.92 Å². The van der Waals surface area contributed by atoms with E-state index in [1.165, 1.54) is 11.8 Å². The third-order valence-electron chi connectivity index (χ3n) is 4.32. The minimum Gasteiger partial charge on any atom is -0.497 e. The molecule has 0 bridgehead atoms. The van der Waals surface area contributed by atoms with Gasteiger partial charge < -0.3 is 14.6 Å². The molecule has 0 saturated carbocycles. The molecule has 0 aliphatic carbocycles. The lowest BCUT2D eigenvalue weighted by atomic mass is 10.1. The molecule has 2 aromatic carbocycles. The summed E-state index contributed by atoms with van der Waals surface area (Å²) in [4.78, 5) is 12.3. The molecule has 1 N–H and O–H groups in total. The molecule has 1 heterocycles. The molecule has 3 rings (SSSR count). The van der Waals surface area contributed by atoms with Crippen LogP contribution < -0.4 is 10.1 Å². The second kappa shape index (κ2) is 9.12. The van der Waals surface area contributed by atoms with Crippen LogP contribution in [0.25, 0.3) is 0 Å². The molecule has 0 radical (unpaired) electrons. The fourth-order valence-electron chi connectivity index (χ4n) is 2.61. The lowest BCUT2D eigenvalue weighted by Gasteiger charge is -2.09. The molecule has 146 valence electrons. The van der Waals surface area contributed by atoms with Gasteiger partial charge in [-0.05, 0) is 42.3 Å². The Labute approximate surface area is 173 Å². The third kappa shape index (κ3) is 4.85. The van der Waals surface area contributed by atoms with Crippen molar-refractivity contribution in [3.05, 3.63) is 64.4 Å². The topological polar surface area (TPSA) is 69.0 Å². The van der Waals surface area contributed by atoms with Crippen LogP contribution in [0.3, 0.4) is 0 Å². The Bertz CT molecular complexity index is 973. The number of anilines is 1. The minimum absolute atomic E-state index is 0.116. The van der Waals surface area contributed by atoms with Gasteiger partial charge >= 0.3 is 0 Å². The van der Waals surface area contributed by atoms with E-state index in [1.54, 1.807) is 13.2 Å². The number of hydrogen-bond donors (Lipinski definition) is 1. The number of amides is 1. The zero-order valence-corrected chi connectivity index (χ0v) is 17.5. The molecule has 0 aliphatic heterocycles. The van der Waals surface area contributed by atoms with Crippen molar-refractivity contribution in [2.45, 2.75) is 18.5 Å². The molecule has 28 heavy (non-hydrogen) atoms. The van der Waals surface area contributed by atoms with E-state index in [0.717, 1.165) is 28.4 Å². The van der Waals surface area contributed by atoms with Gasteiger partial charge in [-0.2, -0.15) is 0 Å². The molecule has 0 spiro atoms. The number of nitrogens with one attached hydrogen (secondary N) is 1. The molecule has 0 aliphatic rings. The van der Waals surface area contributed by atoms with Gasteiger partial charge in [0.1, 0.15) is 11.6 Å². The lowest BCUT2D eigenvalue weighted by Crippen LogP contribution is -2.15. The van der Waals surface area contributed by atoms with Crippen molar-refractivity contribution >= 4 is 35.0 Å². The standard InChI is InChI=1S/C20H21ClN4O2S/c1-13-16(21)5-4-6-17(13)22-19(26)12-28-20-24-23-18(25(20)2)11-14-7-9-15(27-3)10-8-14/h4-10H,11-12H2,1-3H3,(H,22,26). The van der Waals surface area contributed by atoms with Gasteiger partial charge in [-0.15, -0.1) is 10.2 Å². The summed E-state index contributed by atoms with van der Waals surface area (Å²) in [5.41, 5.74) is 2.68. The maximum Gasteiger partial charge on any atom is 0.234 e. The van der Waals surface area contributed by atoms with Crippen molar-refractivity contribution < 1.29 is 9.53 Å². The number of hydrogen-bond acceptors (Lipinski definition) is 5. The Morgan fingerprint density at radius 1 is 1.21 bits per heavy atom. The van der Waals surface area contributed by atoms with E-state index < -0.39 is 0 Å². The van der Waals surface area contributed by atoms with Crippen molar-refractivity contribution in [3.63, 3.8) is 0 Å². The summed E-state index contributed by atoms with van der Waals surface area (Å²) >= 11 is 7.44. The van der Waals surface area contributed by atoms with Crippen LogP contribution in [-0.2, 0) is 18.3 Å². The molecule has 0 atom stereocenters. The first-order valence-corrected chi connectivity index (χ1v) is 10.0. The highest BCUT2D eigenvalue weighted by atomic mass is 35.5. The molecule has 1 aromatic heterocycles. The molecule has 3 aromatic rings. The fraction of sp³-hybridized carbons (Fsp3) is 0.250. The maximum atomic E-state index is 12.3. The number of benzene rings is 2. The number of thioether (sulfide) groups is 1. The van der Waals surface area contributed by atoms with Gasteiger partial charge in [0, 0.05) is 24.2 Å². The van der Waals surface area contributed by atoms with Gasteiger partial charge in [0.15, 0.2) is 5.16 Å². The number of rotatable bonds is 7. The monoisotopic (exact) mass is 416 g/mol. The Morgan fingerprint density at radius 3 is 2.68 bits per heavy atom. The average Bonchev–Trinajstić information content (AvgIpc) is 3.04. The molecule has 0 fully saturated rings. The van der Waals surface area contributed by atoms with E-state index in [1.807, 2.05) is 54.9 Å². The van der Waals surface area contributed by atoms with Crippen LogP contribution in [0.5, 0.6) is 5.75 Å². The summed E-state index contributed by atoms with van der Waals surface area (Å²) in [5, 5.41) is 12.7. The summed E-state index contributed by atoms with van der Waals surface area (Å²) in [5.74, 6) is 1.77. The summed E-state index contributed by atoms with van der Waals surface area (Å²) in [6, 6.07) is 13.3. The minimum atomic E-state index is -0.116. The number of nitrogens with zero attached hydrogens (tertiary/aromatic N) is 3. The number of aromatic nitrogens is 3. The largest absolute Gasteiger partial charge is 0.497 e. The van der Waals surface area contributed by atoms with Crippen LogP contribution in [0.15, 0.2) is 47.6 Å². The number of halogens is 1. The zero-order valence-electron chi connectivity index (χ0n) is 15.9. The summed E-state index contributed by atoms with van der Waals surface area (Å²) < 4.78 is 7.09. The average molecular weight is 417 g/mol. The third-order valence-corrected chi connectivity index (χ3v) is 5.75. The Kier molecular flexibility index (Phi) is 6.59. The first-order chi connectivity index (χ1) is 13.5. The smallest absolute Gasteiger partial charge is 0.234 e. The first-order valence-electron chi connectivity index (χ1n) is 8.67. The van der Waals surface area contributed by atoms with Crippen molar-refractivity contribution in [2.75, 3.05) is 18.2 Å². The van der Waals surface area contributed by atoms with Gasteiger partial charge in [-0.25, -0.2) is 0 Å². The van der Waals surface area contributed by atoms with Gasteiger partial charge in [-0.1, -0.05) is 41.6 Å². The SMILES string of the molecule is COc1ccc(Cc2nnc(SCC(=O)Nc3cccc(Cl)c3C)n2C)cc1. The number of carbonyl (C=O) groups excluding carboxylic acids is 1. The van der Waals surface area contributed by atoms with E-state index in [9.17, 15) is 4.79 Å². The van der Waals surface area contributed by atoms with Crippen LogP contribution in [0.4, 0.5) is 5.69 Å². The van der Waals surface area contributed by atoms with Gasteiger partial charge in [0.2, 0.25) is 5.91 Å². The molecule has 0 unspecified atom stereocenters. The highest BCUT2D eigenvalue weighted by Crippen LogP contribution is 2.24.